The molecule has 1 aliphatic heterocycles. The Labute approximate surface area is 159 Å². The summed E-state index contributed by atoms with van der Waals surface area (Å²) >= 11 is 6.26. The zero-order valence-electron chi connectivity index (χ0n) is 15.0. The van der Waals surface area contributed by atoms with Gasteiger partial charge < -0.3 is 9.47 Å². The van der Waals surface area contributed by atoms with E-state index in [-0.39, 0.29) is 11.8 Å². The molecule has 2 aromatic carbocycles. The van der Waals surface area contributed by atoms with Gasteiger partial charge in [-0.3, -0.25) is 4.79 Å². The van der Waals surface area contributed by atoms with Crippen molar-refractivity contribution in [2.24, 2.45) is 7.05 Å². The molecule has 1 saturated heterocycles. The second-order valence-electron chi connectivity index (χ2n) is 7.11. The van der Waals surface area contributed by atoms with Gasteiger partial charge in [0.05, 0.1) is 0 Å². The smallest absolute Gasteiger partial charge is 0.223 e. The lowest BCUT2D eigenvalue weighted by Crippen LogP contribution is -2.29. The zero-order valence-corrected chi connectivity index (χ0v) is 15.7. The molecule has 1 amide bonds. The van der Waals surface area contributed by atoms with Crippen molar-refractivity contribution in [1.82, 2.24) is 9.47 Å². The Hall–Kier alpha value is -2.26. The van der Waals surface area contributed by atoms with Gasteiger partial charge in [0.1, 0.15) is 0 Å². The molecule has 1 fully saturated rings. The van der Waals surface area contributed by atoms with Gasteiger partial charge in [-0.1, -0.05) is 41.9 Å². The SMILES string of the molecule is Cn1cc(C(CC(=O)N2CCCC2)c2cccc(Cl)c2)c2ccccc21. The molecule has 0 aliphatic carbocycles. The predicted molar refractivity (Wildman–Crippen MR) is 107 cm³/mol. The quantitative estimate of drug-likeness (QED) is 0.639. The van der Waals surface area contributed by atoms with Crippen LogP contribution in [-0.2, 0) is 11.8 Å². The standard InChI is InChI=1S/C22H23ClN2O/c1-24-15-20(18-9-2-3-10-21(18)24)19(16-7-6-8-17(23)13-16)14-22(26)25-11-4-5-12-25/h2-3,6-10,13,15,19H,4-5,11-12,14H2,1H3. The number of benzene rings is 2. The number of fused-ring (bicyclic) bond motifs is 1. The molecule has 26 heavy (non-hydrogen) atoms. The lowest BCUT2D eigenvalue weighted by molar-refractivity contribution is -0.130. The van der Waals surface area contributed by atoms with Crippen molar-refractivity contribution < 1.29 is 4.79 Å². The number of hydrogen-bond donors (Lipinski definition) is 0. The summed E-state index contributed by atoms with van der Waals surface area (Å²) in [5, 5.41) is 1.91. The van der Waals surface area contributed by atoms with E-state index in [1.807, 2.05) is 23.1 Å². The van der Waals surface area contributed by atoms with Crippen LogP contribution in [0, 0.1) is 0 Å². The summed E-state index contributed by atoms with van der Waals surface area (Å²) in [6.45, 7) is 1.77. The van der Waals surface area contributed by atoms with Crippen LogP contribution in [-0.4, -0.2) is 28.5 Å². The number of halogens is 1. The number of nitrogens with zero attached hydrogens (tertiary/aromatic N) is 2. The normalized spacial score (nSPS) is 15.5. The fraction of sp³-hybridized carbons (Fsp3) is 0.318. The first kappa shape index (κ1) is 17.2. The molecule has 2 heterocycles. The van der Waals surface area contributed by atoms with E-state index >= 15 is 0 Å². The minimum Gasteiger partial charge on any atom is -0.350 e. The van der Waals surface area contributed by atoms with Crippen LogP contribution in [0.5, 0.6) is 0 Å². The first-order valence-electron chi connectivity index (χ1n) is 9.20. The predicted octanol–water partition coefficient (Wildman–Crippen LogP) is 4.98. The maximum absolute atomic E-state index is 12.9. The van der Waals surface area contributed by atoms with Gasteiger partial charge in [-0.2, -0.15) is 0 Å². The second kappa shape index (κ2) is 7.16. The minimum absolute atomic E-state index is 0.00731. The third kappa shape index (κ3) is 3.24. The molecule has 4 heteroatoms. The number of aryl methyl sites for hydroxylation is 1. The molecule has 3 nitrogen and oxygen atoms in total. The number of hydrogen-bond acceptors (Lipinski definition) is 1. The summed E-state index contributed by atoms with van der Waals surface area (Å²) in [7, 11) is 2.06. The summed E-state index contributed by atoms with van der Waals surface area (Å²) in [6.07, 6.45) is 4.87. The van der Waals surface area contributed by atoms with Crippen LogP contribution in [0.4, 0.5) is 0 Å². The summed E-state index contributed by atoms with van der Waals surface area (Å²) in [5.41, 5.74) is 3.47. The third-order valence-electron chi connectivity index (χ3n) is 5.39. The summed E-state index contributed by atoms with van der Waals surface area (Å²) in [5.74, 6) is 0.244. The average molecular weight is 367 g/mol. The Balaban J connectivity index is 1.78. The van der Waals surface area contributed by atoms with Gasteiger partial charge in [0.15, 0.2) is 0 Å². The van der Waals surface area contributed by atoms with Crippen molar-refractivity contribution in [3.8, 4) is 0 Å². The number of likely N-dealkylation sites (tertiary alicyclic amines) is 1. The van der Waals surface area contributed by atoms with Crippen LogP contribution >= 0.6 is 11.6 Å². The molecule has 0 bridgehead atoms. The van der Waals surface area contributed by atoms with Gasteiger partial charge in [0, 0.05) is 54.6 Å². The Morgan fingerprint density at radius 3 is 2.65 bits per heavy atom. The van der Waals surface area contributed by atoms with E-state index in [9.17, 15) is 4.79 Å². The Bertz CT molecular complexity index is 940. The van der Waals surface area contributed by atoms with Gasteiger partial charge in [0.25, 0.3) is 0 Å². The third-order valence-corrected chi connectivity index (χ3v) is 5.63. The largest absolute Gasteiger partial charge is 0.350 e. The van der Waals surface area contributed by atoms with E-state index in [0.717, 1.165) is 31.5 Å². The number of carbonyl (C=O) groups is 1. The fourth-order valence-electron chi connectivity index (χ4n) is 4.05. The summed E-state index contributed by atoms with van der Waals surface area (Å²) < 4.78 is 2.14. The highest BCUT2D eigenvalue weighted by molar-refractivity contribution is 6.30. The highest BCUT2D eigenvalue weighted by Crippen LogP contribution is 2.36. The molecular weight excluding hydrogens is 344 g/mol. The molecule has 0 N–H and O–H groups in total. The first-order valence-corrected chi connectivity index (χ1v) is 9.58. The summed E-state index contributed by atoms with van der Waals surface area (Å²) in [4.78, 5) is 14.9. The zero-order chi connectivity index (χ0) is 18.1. The Kier molecular flexibility index (Phi) is 4.73. The number of rotatable bonds is 4. The van der Waals surface area contributed by atoms with Crippen molar-refractivity contribution in [3.63, 3.8) is 0 Å². The van der Waals surface area contributed by atoms with Gasteiger partial charge in [-0.05, 0) is 42.2 Å². The fourth-order valence-corrected chi connectivity index (χ4v) is 4.25. The van der Waals surface area contributed by atoms with E-state index in [4.69, 9.17) is 11.6 Å². The van der Waals surface area contributed by atoms with Crippen LogP contribution in [0.25, 0.3) is 10.9 Å². The average Bonchev–Trinajstić information content (AvgIpc) is 3.29. The van der Waals surface area contributed by atoms with Crippen molar-refractivity contribution in [3.05, 3.63) is 70.9 Å². The van der Waals surface area contributed by atoms with Crippen molar-refractivity contribution in [2.75, 3.05) is 13.1 Å². The van der Waals surface area contributed by atoms with E-state index in [1.54, 1.807) is 0 Å². The maximum atomic E-state index is 12.9. The van der Waals surface area contributed by atoms with E-state index in [0.29, 0.717) is 11.4 Å². The number of para-hydroxylation sites is 1. The monoisotopic (exact) mass is 366 g/mol. The first-order chi connectivity index (χ1) is 12.6. The number of aromatic nitrogens is 1. The lowest BCUT2D eigenvalue weighted by Gasteiger charge is -2.21. The molecule has 1 unspecified atom stereocenters. The highest BCUT2D eigenvalue weighted by atomic mass is 35.5. The molecule has 0 radical (unpaired) electrons. The highest BCUT2D eigenvalue weighted by Gasteiger charge is 2.26. The number of carbonyl (C=O) groups excluding carboxylic acids is 1. The van der Waals surface area contributed by atoms with Gasteiger partial charge in [-0.15, -0.1) is 0 Å². The molecule has 1 atom stereocenters. The van der Waals surface area contributed by atoms with E-state index < -0.39 is 0 Å². The molecule has 3 aromatic rings. The van der Waals surface area contributed by atoms with Crippen LogP contribution in [0.15, 0.2) is 54.7 Å². The molecule has 0 saturated carbocycles. The van der Waals surface area contributed by atoms with Crippen molar-refractivity contribution in [2.45, 2.75) is 25.2 Å². The van der Waals surface area contributed by atoms with Gasteiger partial charge in [0.2, 0.25) is 5.91 Å². The minimum atomic E-state index is 0.00731. The lowest BCUT2D eigenvalue weighted by atomic mass is 9.88. The summed E-state index contributed by atoms with van der Waals surface area (Å²) in [6, 6.07) is 16.3. The topological polar surface area (TPSA) is 25.2 Å². The van der Waals surface area contributed by atoms with E-state index in [2.05, 4.69) is 48.1 Å². The van der Waals surface area contributed by atoms with E-state index in [1.165, 1.54) is 16.5 Å². The Morgan fingerprint density at radius 1 is 1.12 bits per heavy atom. The van der Waals surface area contributed by atoms with Gasteiger partial charge >= 0.3 is 0 Å². The molecule has 1 aliphatic rings. The molecule has 4 rings (SSSR count). The molecular formula is C22H23ClN2O. The van der Waals surface area contributed by atoms with Crippen LogP contribution in [0.1, 0.15) is 36.3 Å². The van der Waals surface area contributed by atoms with Gasteiger partial charge in [-0.25, -0.2) is 0 Å². The number of amides is 1. The van der Waals surface area contributed by atoms with Crippen LogP contribution in [0.2, 0.25) is 5.02 Å². The van der Waals surface area contributed by atoms with Crippen LogP contribution < -0.4 is 0 Å². The second-order valence-corrected chi connectivity index (χ2v) is 7.55. The van der Waals surface area contributed by atoms with Crippen LogP contribution in [0.3, 0.4) is 0 Å². The molecule has 1 aromatic heterocycles. The Morgan fingerprint density at radius 2 is 1.88 bits per heavy atom. The maximum Gasteiger partial charge on any atom is 0.223 e. The molecule has 0 spiro atoms. The molecule has 134 valence electrons. The van der Waals surface area contributed by atoms with Crippen molar-refractivity contribution in [1.29, 1.82) is 0 Å². The van der Waals surface area contributed by atoms with Crippen molar-refractivity contribution >= 4 is 28.4 Å².